The molecule has 11 atom stereocenters. The van der Waals surface area contributed by atoms with Crippen molar-refractivity contribution in [2.45, 2.75) is 210 Å². The summed E-state index contributed by atoms with van der Waals surface area (Å²) in [6.07, 6.45) is 8.58. The number of aromatic amines is 1. The number of nitrogens with one attached hydrogen (secondary N) is 9. The molecule has 3 rings (SSSR count). The molecule has 1 heterocycles. The van der Waals surface area contributed by atoms with E-state index in [-0.39, 0.29) is 69.1 Å². The summed E-state index contributed by atoms with van der Waals surface area (Å²) in [6, 6.07) is -11.3. The van der Waals surface area contributed by atoms with Crippen molar-refractivity contribution in [1.82, 2.24) is 57.4 Å². The molecule has 2 aliphatic carbocycles. The Bertz CT molecular complexity index is 2410. The first-order valence-corrected chi connectivity index (χ1v) is 29.3. The van der Waals surface area contributed by atoms with E-state index in [0.717, 1.165) is 65.2 Å². The molecule has 2 fully saturated rings. The van der Waals surface area contributed by atoms with E-state index < -0.39 is 139 Å². The summed E-state index contributed by atoms with van der Waals surface area (Å²) >= 11 is 0. The van der Waals surface area contributed by atoms with E-state index in [1.54, 1.807) is 13.8 Å². The van der Waals surface area contributed by atoms with Gasteiger partial charge in [0.15, 0.2) is 11.9 Å². The Kier molecular flexibility index (Phi) is 31.1. The van der Waals surface area contributed by atoms with E-state index in [2.05, 4.69) is 62.5 Å². The van der Waals surface area contributed by atoms with Crippen LogP contribution < -0.4 is 71.2 Å². The number of aliphatic hydroxyl groups is 2. The van der Waals surface area contributed by atoms with Crippen LogP contribution in [0.25, 0.3) is 0 Å². The first-order chi connectivity index (χ1) is 40.2. The predicted molar refractivity (Wildman–Crippen MR) is 313 cm³/mol. The molecule has 0 radical (unpaired) electrons. The van der Waals surface area contributed by atoms with E-state index in [9.17, 15) is 63.3 Å². The molecule has 2 aliphatic rings. The number of hydrogen-bond donors (Lipinski definition) is 17. The van der Waals surface area contributed by atoms with Crippen LogP contribution in [0.3, 0.4) is 0 Å². The molecule has 9 amide bonds. The van der Waals surface area contributed by atoms with E-state index in [1.165, 1.54) is 24.3 Å². The summed E-state index contributed by atoms with van der Waals surface area (Å²) in [4.78, 5) is 152. The van der Waals surface area contributed by atoms with Crippen LogP contribution in [0.1, 0.15) is 143 Å². The monoisotopic (exact) mass is 1200 g/mol. The van der Waals surface area contributed by atoms with Crippen molar-refractivity contribution >= 4 is 71.1 Å². The number of imidazole rings is 1. The number of aromatic nitrogens is 2. The molecule has 0 bridgehead atoms. The number of amides is 9. The molecule has 0 aliphatic heterocycles. The van der Waals surface area contributed by atoms with Crippen molar-refractivity contribution in [1.29, 1.82) is 0 Å². The highest BCUT2D eigenvalue weighted by molar-refractivity contribution is 5.98. The second kappa shape index (κ2) is 36.9. The van der Waals surface area contributed by atoms with Gasteiger partial charge in [0.1, 0.15) is 48.8 Å². The van der Waals surface area contributed by atoms with E-state index in [0.29, 0.717) is 31.4 Å². The molecule has 0 aromatic carbocycles. The van der Waals surface area contributed by atoms with Gasteiger partial charge >= 0.3 is 5.97 Å². The van der Waals surface area contributed by atoms with Gasteiger partial charge < -0.3 is 96.4 Å². The largest absolute Gasteiger partial charge is 0.480 e. The SMILES string of the molecule is CCC(C)[C@H](NC(=O)[C@@H](CCCN=C(N)N)NC(=O)CNC(=O)[C@@H](NC(=O)[C@@H](NC(=O)[C@H](Cc1cnc[nH]1)NC(=O)[C@H](CC1CCCCC1)NC(=O)[C@H](C)NC(=O)[C@@H](N)CCCN=C(N)N)[C@@H](C)O)[C@@H](C)O)C(=O)N(CC(=O)O)C1CCCCC1. The summed E-state index contributed by atoms with van der Waals surface area (Å²) in [6.45, 7) is 6.18. The molecular weight excluding hydrogens is 1110 g/mol. The number of rotatable bonds is 36. The van der Waals surface area contributed by atoms with Crippen LogP contribution in [0, 0.1) is 11.8 Å². The normalized spacial score (nSPS) is 17.6. The number of guanidine groups is 2. The number of nitrogens with zero attached hydrogens (tertiary/aromatic N) is 4. The number of aliphatic imine (C=N–C) groups is 2. The lowest BCUT2D eigenvalue weighted by molar-refractivity contribution is -0.149. The number of H-pyrrole nitrogens is 1. The number of aliphatic carboxylic acids is 1. The fourth-order valence-corrected chi connectivity index (χ4v) is 10.1. The molecule has 0 saturated heterocycles. The highest BCUT2D eigenvalue weighted by atomic mass is 16.4. The third-order valence-electron chi connectivity index (χ3n) is 15.1. The van der Waals surface area contributed by atoms with Gasteiger partial charge in [0.2, 0.25) is 53.2 Å². The minimum absolute atomic E-state index is 0.0172. The van der Waals surface area contributed by atoms with Gasteiger partial charge in [-0.3, -0.25) is 57.9 Å². The fourth-order valence-electron chi connectivity index (χ4n) is 10.1. The Morgan fingerprint density at radius 1 is 0.647 bits per heavy atom. The Morgan fingerprint density at radius 3 is 1.73 bits per heavy atom. The van der Waals surface area contributed by atoms with Crippen LogP contribution in [0.5, 0.6) is 0 Å². The lowest BCUT2D eigenvalue weighted by atomic mass is 9.84. The first-order valence-electron chi connectivity index (χ1n) is 29.3. The molecule has 22 N–H and O–H groups in total. The average Bonchev–Trinajstić information content (AvgIpc) is 4.02. The maximum atomic E-state index is 14.3. The van der Waals surface area contributed by atoms with Gasteiger partial charge in [0, 0.05) is 37.4 Å². The fraction of sp³-hybridized carbons (Fsp3) is 0.722. The molecule has 0 spiro atoms. The minimum atomic E-state index is -1.82. The van der Waals surface area contributed by atoms with E-state index in [4.69, 9.17) is 28.7 Å². The van der Waals surface area contributed by atoms with E-state index >= 15 is 0 Å². The molecule has 1 unspecified atom stereocenters. The zero-order valence-corrected chi connectivity index (χ0v) is 49.6. The second-order valence-corrected chi connectivity index (χ2v) is 22.2. The molecule has 31 nitrogen and oxygen atoms in total. The smallest absolute Gasteiger partial charge is 0.323 e. The van der Waals surface area contributed by atoms with Crippen molar-refractivity contribution in [3.8, 4) is 0 Å². The quantitative estimate of drug-likeness (QED) is 0.0173. The maximum Gasteiger partial charge on any atom is 0.323 e. The number of nitrogens with two attached hydrogens (primary N) is 5. The predicted octanol–water partition coefficient (Wildman–Crippen LogP) is -4.06. The van der Waals surface area contributed by atoms with Gasteiger partial charge in [0.05, 0.1) is 31.1 Å². The number of carbonyl (C=O) groups excluding carboxylic acids is 9. The summed E-state index contributed by atoms with van der Waals surface area (Å²) in [5, 5.41) is 51.7. The molecule has 85 heavy (non-hydrogen) atoms. The Balaban J connectivity index is 1.78. The van der Waals surface area contributed by atoms with Crippen LogP contribution in [0.2, 0.25) is 0 Å². The minimum Gasteiger partial charge on any atom is -0.480 e. The Labute approximate surface area is 495 Å². The molecule has 31 heteroatoms. The summed E-state index contributed by atoms with van der Waals surface area (Å²) in [5.41, 5.74) is 28.1. The van der Waals surface area contributed by atoms with Crippen LogP contribution in [0.15, 0.2) is 22.5 Å². The van der Waals surface area contributed by atoms with Crippen molar-refractivity contribution in [3.63, 3.8) is 0 Å². The topological polar surface area (TPSA) is 514 Å². The van der Waals surface area contributed by atoms with Crippen LogP contribution in [0.4, 0.5) is 0 Å². The van der Waals surface area contributed by atoms with Crippen molar-refractivity contribution in [2.75, 3.05) is 26.2 Å². The average molecular weight is 1200 g/mol. The van der Waals surface area contributed by atoms with Gasteiger partial charge in [-0.1, -0.05) is 71.6 Å². The molecule has 1 aromatic rings. The van der Waals surface area contributed by atoms with E-state index in [1.807, 2.05) is 0 Å². The number of carbonyl (C=O) groups is 10. The van der Waals surface area contributed by atoms with Gasteiger partial charge in [-0.2, -0.15) is 0 Å². The summed E-state index contributed by atoms with van der Waals surface area (Å²) in [5.74, 6) is -9.65. The van der Waals surface area contributed by atoms with Gasteiger partial charge in [-0.25, -0.2) is 4.98 Å². The molecule has 478 valence electrons. The maximum absolute atomic E-state index is 14.3. The number of carboxylic acid groups (broad SMARTS) is 1. The second-order valence-electron chi connectivity index (χ2n) is 22.2. The third kappa shape index (κ3) is 25.6. The highest BCUT2D eigenvalue weighted by Crippen LogP contribution is 2.28. The van der Waals surface area contributed by atoms with Crippen molar-refractivity contribution in [3.05, 3.63) is 18.2 Å². The number of aliphatic hydroxyl groups excluding tert-OH is 2. The van der Waals surface area contributed by atoms with Gasteiger partial charge in [-0.05, 0) is 77.6 Å². The first kappa shape index (κ1) is 71.6. The standard InChI is InChI=1S/C54H94N18O13/c1-6-29(2)42(52(85)72(27-41(76)77)35-17-11-8-12-18-35)69-47(80)37(20-14-22-62-54(58)59)66-40(75)26-63-50(83)43(31(4)73)71-51(84)44(32(5)74)70-49(82)39(24-34-25-60-28-64-34)68-48(81)38(23-33-15-9-7-10-16-33)67-45(78)30(3)65-46(79)36(55)19-13-21-61-53(56)57/h25,28-33,35-39,42-44,73-74H,6-24,26-27,55H2,1-5H3,(H,60,64)(H,63,83)(H,65,79)(H,66,75)(H,67,78)(H,68,81)(H,69,80)(H,70,82)(H,71,84)(H,76,77)(H4,56,57,61)(H4,58,59,62)/t29?,30-,31+,32+,36-,37+,38-,39-,42-,43-,44-/m0/s1. The van der Waals surface area contributed by atoms with Crippen LogP contribution in [-0.2, 0) is 54.4 Å². The lowest BCUT2D eigenvalue weighted by Crippen LogP contribution is -2.63. The molecule has 1 aromatic heterocycles. The van der Waals surface area contributed by atoms with Gasteiger partial charge in [-0.15, -0.1) is 0 Å². The molecule has 2 saturated carbocycles. The highest BCUT2D eigenvalue weighted by Gasteiger charge is 2.39. The lowest BCUT2D eigenvalue weighted by Gasteiger charge is -2.37. The summed E-state index contributed by atoms with van der Waals surface area (Å²) < 4.78 is 0. The van der Waals surface area contributed by atoms with Gasteiger partial charge in [0.25, 0.3) is 0 Å². The van der Waals surface area contributed by atoms with Crippen molar-refractivity contribution < 1.29 is 63.3 Å². The van der Waals surface area contributed by atoms with Crippen molar-refractivity contribution in [2.24, 2.45) is 50.5 Å². The number of hydrogen-bond acceptors (Lipinski definition) is 16. The summed E-state index contributed by atoms with van der Waals surface area (Å²) in [7, 11) is 0. The zero-order chi connectivity index (χ0) is 63.3. The third-order valence-corrected chi connectivity index (χ3v) is 15.1. The number of carboxylic acids is 1. The van der Waals surface area contributed by atoms with Crippen LogP contribution >= 0.6 is 0 Å². The molecular formula is C54H94N18O13. The zero-order valence-electron chi connectivity index (χ0n) is 49.6. The Morgan fingerprint density at radius 2 is 1.18 bits per heavy atom. The Hall–Kier alpha value is -7.67. The van der Waals surface area contributed by atoms with Crippen LogP contribution in [-0.4, -0.2) is 194 Å².